The zero-order valence-electron chi connectivity index (χ0n) is 12.8. The number of aromatic amines is 1. The van der Waals surface area contributed by atoms with Gasteiger partial charge in [-0.3, -0.25) is 24.3 Å². The summed E-state index contributed by atoms with van der Waals surface area (Å²) in [5.74, 6) is 0. The number of carbonyl (C=O) groups is 1. The summed E-state index contributed by atoms with van der Waals surface area (Å²) < 4.78 is 5.33. The van der Waals surface area contributed by atoms with Gasteiger partial charge in [-0.1, -0.05) is 18.2 Å². The van der Waals surface area contributed by atoms with Crippen molar-refractivity contribution in [2.45, 2.75) is 13.2 Å². The lowest BCUT2D eigenvalue weighted by Crippen LogP contribution is -2.38. The Morgan fingerprint density at radius 1 is 1.32 bits per heavy atom. The number of ether oxygens (including phenoxy) is 1. The van der Waals surface area contributed by atoms with Gasteiger partial charge in [-0.15, -0.1) is 0 Å². The van der Waals surface area contributed by atoms with Gasteiger partial charge in [-0.05, 0) is 13.0 Å². The number of aromatic nitrogens is 2. The number of nitro benzene ring substituents is 1. The van der Waals surface area contributed by atoms with Crippen molar-refractivity contribution in [3.05, 3.63) is 61.2 Å². The van der Waals surface area contributed by atoms with Gasteiger partial charge >= 0.3 is 17.3 Å². The summed E-state index contributed by atoms with van der Waals surface area (Å²) in [7, 11) is 0. The minimum absolute atomic E-state index is 0.0104. The topological polar surface area (TPSA) is 145 Å². The molecule has 1 heterocycles. The minimum Gasteiger partial charge on any atom is -0.450 e. The van der Waals surface area contributed by atoms with E-state index in [1.54, 1.807) is 18.2 Å². The number of hydrogen-bond acceptors (Lipinski definition) is 6. The van der Waals surface area contributed by atoms with Crippen LogP contribution in [0.1, 0.15) is 13.2 Å². The van der Waals surface area contributed by atoms with E-state index >= 15 is 0 Å². The summed E-state index contributed by atoms with van der Waals surface area (Å²) in [5, 5.41) is 20.8. The SMILES string of the molecule is CC(OC(=O)O)n1c(=O)c(=O)[nH]c2c3ccccc3c([N+](=O)[O-])cc21. The second-order valence-electron chi connectivity index (χ2n) is 5.20. The van der Waals surface area contributed by atoms with Crippen LogP contribution in [-0.4, -0.2) is 25.7 Å². The number of nitrogens with zero attached hydrogens (tertiary/aromatic N) is 2. The average molecular weight is 345 g/mol. The molecule has 0 saturated heterocycles. The maximum Gasteiger partial charge on any atom is 0.507 e. The highest BCUT2D eigenvalue weighted by molar-refractivity contribution is 6.08. The van der Waals surface area contributed by atoms with Crippen molar-refractivity contribution in [3.8, 4) is 0 Å². The highest BCUT2D eigenvalue weighted by atomic mass is 16.7. The van der Waals surface area contributed by atoms with Crippen molar-refractivity contribution in [3.63, 3.8) is 0 Å². The molecule has 25 heavy (non-hydrogen) atoms. The molecule has 3 rings (SSSR count). The number of nitrogens with one attached hydrogen (secondary N) is 1. The standard InChI is InChI=1S/C15H11N3O7/c1-7(25-15(21)22)17-11-6-10(18(23)24)8-4-2-3-5-9(8)12(11)16-13(19)14(17)20/h2-7H,1H3,(H,16,19)(H,21,22). The van der Waals surface area contributed by atoms with Gasteiger partial charge in [0.15, 0.2) is 6.23 Å². The highest BCUT2D eigenvalue weighted by Crippen LogP contribution is 2.32. The van der Waals surface area contributed by atoms with Gasteiger partial charge in [0.25, 0.3) is 5.69 Å². The van der Waals surface area contributed by atoms with E-state index in [1.807, 2.05) is 0 Å². The minimum atomic E-state index is -1.65. The normalized spacial score (nSPS) is 12.2. The summed E-state index contributed by atoms with van der Waals surface area (Å²) in [5.41, 5.74) is -2.20. The molecule has 0 aliphatic rings. The molecule has 128 valence electrons. The number of rotatable bonds is 3. The predicted molar refractivity (Wildman–Crippen MR) is 86.8 cm³/mol. The molecule has 0 aliphatic heterocycles. The Morgan fingerprint density at radius 3 is 2.56 bits per heavy atom. The first kappa shape index (κ1) is 16.2. The molecule has 0 spiro atoms. The predicted octanol–water partition coefficient (Wildman–Crippen LogP) is 1.96. The van der Waals surface area contributed by atoms with Gasteiger partial charge in [-0.25, -0.2) is 4.79 Å². The van der Waals surface area contributed by atoms with Crippen molar-refractivity contribution < 1.29 is 19.6 Å². The van der Waals surface area contributed by atoms with Crippen molar-refractivity contribution in [1.82, 2.24) is 9.55 Å². The van der Waals surface area contributed by atoms with Crippen LogP contribution in [0.3, 0.4) is 0 Å². The van der Waals surface area contributed by atoms with Gasteiger partial charge in [0.2, 0.25) is 0 Å². The Hall–Kier alpha value is -3.69. The summed E-state index contributed by atoms with van der Waals surface area (Å²) in [6.07, 6.45) is -3.00. The van der Waals surface area contributed by atoms with Crippen LogP contribution in [0.5, 0.6) is 0 Å². The third-order valence-corrected chi connectivity index (χ3v) is 3.74. The summed E-state index contributed by atoms with van der Waals surface area (Å²) >= 11 is 0. The van der Waals surface area contributed by atoms with Crippen molar-refractivity contribution in [2.24, 2.45) is 0 Å². The van der Waals surface area contributed by atoms with Crippen molar-refractivity contribution >= 4 is 33.6 Å². The van der Waals surface area contributed by atoms with E-state index in [0.717, 1.165) is 10.6 Å². The molecule has 2 N–H and O–H groups in total. The molecular formula is C15H11N3O7. The largest absolute Gasteiger partial charge is 0.507 e. The Labute approximate surface area is 138 Å². The first-order valence-corrected chi connectivity index (χ1v) is 7.05. The molecule has 0 saturated carbocycles. The number of H-pyrrole nitrogens is 1. The van der Waals surface area contributed by atoms with Crippen LogP contribution in [-0.2, 0) is 4.74 Å². The van der Waals surface area contributed by atoms with Crippen molar-refractivity contribution in [1.29, 1.82) is 0 Å². The lowest BCUT2D eigenvalue weighted by molar-refractivity contribution is -0.383. The highest BCUT2D eigenvalue weighted by Gasteiger charge is 2.22. The zero-order valence-corrected chi connectivity index (χ0v) is 12.8. The lowest BCUT2D eigenvalue weighted by atomic mass is 10.1. The molecule has 1 atom stereocenters. The van der Waals surface area contributed by atoms with Crippen LogP contribution in [0, 0.1) is 10.1 Å². The van der Waals surface area contributed by atoms with Crippen LogP contribution in [0.25, 0.3) is 21.8 Å². The first-order chi connectivity index (χ1) is 11.8. The number of fused-ring (bicyclic) bond motifs is 3. The van der Waals surface area contributed by atoms with E-state index in [1.165, 1.54) is 13.0 Å². The smallest absolute Gasteiger partial charge is 0.450 e. The molecule has 0 bridgehead atoms. The number of benzene rings is 2. The fourth-order valence-corrected chi connectivity index (χ4v) is 2.76. The molecule has 0 aliphatic carbocycles. The first-order valence-electron chi connectivity index (χ1n) is 7.05. The molecule has 1 unspecified atom stereocenters. The molecule has 3 aromatic rings. The number of carboxylic acid groups (broad SMARTS) is 1. The number of non-ortho nitro benzene ring substituents is 1. The molecule has 0 fully saturated rings. The molecule has 0 radical (unpaired) electrons. The molecular weight excluding hydrogens is 334 g/mol. The van der Waals surface area contributed by atoms with Gasteiger partial charge < -0.3 is 14.8 Å². The molecule has 0 amide bonds. The van der Waals surface area contributed by atoms with E-state index in [4.69, 9.17) is 5.11 Å². The van der Waals surface area contributed by atoms with Crippen LogP contribution in [0.4, 0.5) is 10.5 Å². The summed E-state index contributed by atoms with van der Waals surface area (Å²) in [6.45, 7) is 1.25. The Kier molecular flexibility index (Phi) is 3.72. The Balaban J connectivity index is 2.54. The lowest BCUT2D eigenvalue weighted by Gasteiger charge is -2.17. The number of hydrogen-bond donors (Lipinski definition) is 2. The van der Waals surface area contributed by atoms with Crippen molar-refractivity contribution in [2.75, 3.05) is 0 Å². The third kappa shape index (κ3) is 2.59. The van der Waals surface area contributed by atoms with Gasteiger partial charge in [0.05, 0.1) is 21.3 Å². The van der Waals surface area contributed by atoms with Gasteiger partial charge in [0, 0.05) is 11.5 Å². The molecule has 2 aromatic carbocycles. The second kappa shape index (κ2) is 5.74. The second-order valence-corrected chi connectivity index (χ2v) is 5.20. The summed E-state index contributed by atoms with van der Waals surface area (Å²) in [6, 6.07) is 7.40. The fraction of sp³-hybridized carbons (Fsp3) is 0.133. The number of nitro groups is 1. The van der Waals surface area contributed by atoms with Crippen LogP contribution in [0.2, 0.25) is 0 Å². The fourth-order valence-electron chi connectivity index (χ4n) is 2.76. The third-order valence-electron chi connectivity index (χ3n) is 3.74. The monoisotopic (exact) mass is 345 g/mol. The van der Waals surface area contributed by atoms with Gasteiger partial charge in [-0.2, -0.15) is 0 Å². The molecule has 1 aromatic heterocycles. The zero-order chi connectivity index (χ0) is 18.3. The Bertz CT molecular complexity index is 1150. The average Bonchev–Trinajstić information content (AvgIpc) is 2.54. The van der Waals surface area contributed by atoms with E-state index in [-0.39, 0.29) is 22.1 Å². The Morgan fingerprint density at radius 2 is 1.96 bits per heavy atom. The molecule has 10 heteroatoms. The maximum absolute atomic E-state index is 12.2. The van der Waals surface area contributed by atoms with Gasteiger partial charge in [0.1, 0.15) is 0 Å². The quantitative estimate of drug-likeness (QED) is 0.243. The van der Waals surface area contributed by atoms with Crippen LogP contribution >= 0.6 is 0 Å². The van der Waals surface area contributed by atoms with E-state index < -0.39 is 28.4 Å². The van der Waals surface area contributed by atoms with E-state index in [9.17, 15) is 24.5 Å². The summed E-state index contributed by atoms with van der Waals surface area (Å²) in [4.78, 5) is 48.1. The van der Waals surface area contributed by atoms with Crippen LogP contribution in [0.15, 0.2) is 39.9 Å². The van der Waals surface area contributed by atoms with E-state index in [0.29, 0.717) is 5.39 Å². The van der Waals surface area contributed by atoms with E-state index in [2.05, 4.69) is 9.72 Å². The van der Waals surface area contributed by atoms with Crippen LogP contribution < -0.4 is 11.1 Å². The maximum atomic E-state index is 12.2. The molecule has 10 nitrogen and oxygen atoms in total.